The summed E-state index contributed by atoms with van der Waals surface area (Å²) in [7, 11) is 0. The fourth-order valence-electron chi connectivity index (χ4n) is 5.62. The molecule has 2 atom stereocenters. The van der Waals surface area contributed by atoms with Crippen molar-refractivity contribution in [3.63, 3.8) is 0 Å². The second kappa shape index (κ2) is 8.14. The molecule has 1 N–H and O–H groups in total. The lowest BCUT2D eigenvalue weighted by Gasteiger charge is -2.61. The zero-order valence-electron chi connectivity index (χ0n) is 17.5. The second-order valence-corrected chi connectivity index (χ2v) is 9.30. The lowest BCUT2D eigenvalue weighted by molar-refractivity contribution is -0.155. The van der Waals surface area contributed by atoms with E-state index < -0.39 is 0 Å². The van der Waals surface area contributed by atoms with Gasteiger partial charge in [-0.3, -0.25) is 14.6 Å². The fraction of sp³-hybridized carbons (Fsp3) is 0.480. The van der Waals surface area contributed by atoms with Gasteiger partial charge in [0.2, 0.25) is 5.91 Å². The van der Waals surface area contributed by atoms with Crippen molar-refractivity contribution in [1.29, 1.82) is 0 Å². The number of fused-ring (bicyclic) bond motifs is 2. The van der Waals surface area contributed by atoms with Gasteiger partial charge >= 0.3 is 0 Å². The van der Waals surface area contributed by atoms with Gasteiger partial charge in [0.15, 0.2) is 0 Å². The van der Waals surface area contributed by atoms with Gasteiger partial charge in [0.25, 0.3) is 0 Å². The minimum absolute atomic E-state index is 0.00341. The van der Waals surface area contributed by atoms with Crippen molar-refractivity contribution in [2.45, 2.75) is 36.9 Å². The Kier molecular flexibility index (Phi) is 5.35. The molecule has 2 aromatic rings. The quantitative estimate of drug-likeness (QED) is 0.824. The van der Waals surface area contributed by atoms with E-state index in [0.717, 1.165) is 57.7 Å². The maximum absolute atomic E-state index is 12.8. The van der Waals surface area contributed by atoms with Gasteiger partial charge in [-0.1, -0.05) is 60.7 Å². The van der Waals surface area contributed by atoms with Gasteiger partial charge < -0.3 is 10.0 Å². The summed E-state index contributed by atoms with van der Waals surface area (Å²) in [6.07, 6.45) is 2.13. The molecule has 3 fully saturated rings. The first-order valence-electron chi connectivity index (χ1n) is 11.1. The molecule has 3 aliphatic rings. The molecule has 0 aromatic heterocycles. The van der Waals surface area contributed by atoms with E-state index in [9.17, 15) is 9.90 Å². The summed E-state index contributed by atoms with van der Waals surface area (Å²) in [6, 6.07) is 21.1. The van der Waals surface area contributed by atoms with Gasteiger partial charge in [0, 0.05) is 45.3 Å². The first-order chi connectivity index (χ1) is 14.6. The number of hydrogen-bond acceptors (Lipinski definition) is 4. The SMILES string of the molecule is O=C(Cc1ccccc1)N1CC2(CN(CCc3ccccc3)C[C@H]3C[C@@H](O)CN32)C1. The highest BCUT2D eigenvalue weighted by molar-refractivity contribution is 5.80. The van der Waals surface area contributed by atoms with Crippen LogP contribution in [0.1, 0.15) is 17.5 Å². The molecule has 0 saturated carbocycles. The van der Waals surface area contributed by atoms with Crippen molar-refractivity contribution >= 4 is 5.91 Å². The summed E-state index contributed by atoms with van der Waals surface area (Å²) in [5.41, 5.74) is 2.45. The Balaban J connectivity index is 1.24. The minimum atomic E-state index is -0.241. The van der Waals surface area contributed by atoms with E-state index in [4.69, 9.17) is 0 Å². The largest absolute Gasteiger partial charge is 0.392 e. The molecule has 3 heterocycles. The van der Waals surface area contributed by atoms with Crippen molar-refractivity contribution in [2.24, 2.45) is 0 Å². The van der Waals surface area contributed by atoms with Crippen molar-refractivity contribution < 1.29 is 9.90 Å². The second-order valence-electron chi connectivity index (χ2n) is 9.30. The lowest BCUT2D eigenvalue weighted by Crippen LogP contribution is -2.78. The van der Waals surface area contributed by atoms with Crippen molar-refractivity contribution in [1.82, 2.24) is 14.7 Å². The molecule has 5 rings (SSSR count). The third-order valence-corrected chi connectivity index (χ3v) is 7.07. The van der Waals surface area contributed by atoms with Crippen LogP contribution in [-0.4, -0.2) is 82.7 Å². The monoisotopic (exact) mass is 405 g/mol. The molecule has 3 aliphatic heterocycles. The molecular weight excluding hydrogens is 374 g/mol. The Labute approximate surface area is 178 Å². The summed E-state index contributed by atoms with van der Waals surface area (Å²) in [5, 5.41) is 10.3. The number of benzene rings is 2. The molecule has 0 bridgehead atoms. The van der Waals surface area contributed by atoms with Gasteiger partial charge in [-0.15, -0.1) is 0 Å². The van der Waals surface area contributed by atoms with Gasteiger partial charge in [0.05, 0.1) is 18.1 Å². The summed E-state index contributed by atoms with van der Waals surface area (Å²) >= 11 is 0. The number of aliphatic hydroxyl groups is 1. The van der Waals surface area contributed by atoms with Gasteiger partial charge in [-0.2, -0.15) is 0 Å². The van der Waals surface area contributed by atoms with Crippen LogP contribution in [-0.2, 0) is 17.6 Å². The number of rotatable bonds is 5. The number of aliphatic hydroxyl groups excluding tert-OH is 1. The van der Waals surface area contributed by atoms with Crippen LogP contribution in [0.4, 0.5) is 0 Å². The van der Waals surface area contributed by atoms with Crippen LogP contribution in [0, 0.1) is 0 Å². The van der Waals surface area contributed by atoms with Gasteiger partial charge in [-0.25, -0.2) is 0 Å². The third-order valence-electron chi connectivity index (χ3n) is 7.07. The number of hydrogen-bond donors (Lipinski definition) is 1. The average Bonchev–Trinajstić information content (AvgIpc) is 3.12. The maximum Gasteiger partial charge on any atom is 0.227 e. The molecule has 158 valence electrons. The summed E-state index contributed by atoms with van der Waals surface area (Å²) in [6.45, 7) is 5.34. The van der Waals surface area contributed by atoms with Gasteiger partial charge in [-0.05, 0) is 24.0 Å². The number of β-amino-alcohol motifs (C(OH)–C–C–N with tert-alkyl or cyclic N) is 1. The Bertz CT molecular complexity index is 866. The minimum Gasteiger partial charge on any atom is -0.392 e. The van der Waals surface area contributed by atoms with Crippen LogP contribution < -0.4 is 0 Å². The molecule has 1 amide bonds. The summed E-state index contributed by atoms with van der Waals surface area (Å²) in [5.74, 6) is 0.213. The highest BCUT2D eigenvalue weighted by atomic mass is 16.3. The Morgan fingerprint density at radius 1 is 0.933 bits per heavy atom. The van der Waals surface area contributed by atoms with Crippen molar-refractivity contribution in [2.75, 3.05) is 39.3 Å². The first-order valence-corrected chi connectivity index (χ1v) is 11.1. The van der Waals surface area contributed by atoms with E-state index in [1.165, 1.54) is 5.56 Å². The van der Waals surface area contributed by atoms with E-state index in [0.29, 0.717) is 12.5 Å². The van der Waals surface area contributed by atoms with E-state index in [2.05, 4.69) is 40.1 Å². The summed E-state index contributed by atoms with van der Waals surface area (Å²) < 4.78 is 0. The molecule has 5 nitrogen and oxygen atoms in total. The number of likely N-dealkylation sites (tertiary alicyclic amines) is 1. The van der Waals surface area contributed by atoms with E-state index >= 15 is 0 Å². The highest BCUT2D eigenvalue weighted by Crippen LogP contribution is 2.39. The first kappa shape index (κ1) is 19.7. The molecule has 3 saturated heterocycles. The lowest BCUT2D eigenvalue weighted by atomic mass is 9.83. The van der Waals surface area contributed by atoms with Crippen molar-refractivity contribution in [3.8, 4) is 0 Å². The predicted octanol–water partition coefficient (Wildman–Crippen LogP) is 1.80. The fourth-order valence-corrected chi connectivity index (χ4v) is 5.62. The highest BCUT2D eigenvalue weighted by Gasteiger charge is 2.56. The molecule has 0 unspecified atom stereocenters. The molecule has 1 spiro atoms. The van der Waals surface area contributed by atoms with Crippen LogP contribution >= 0.6 is 0 Å². The van der Waals surface area contributed by atoms with Crippen LogP contribution in [0.15, 0.2) is 60.7 Å². The average molecular weight is 406 g/mol. The molecule has 2 aromatic carbocycles. The Morgan fingerprint density at radius 3 is 2.30 bits per heavy atom. The smallest absolute Gasteiger partial charge is 0.227 e. The molecule has 30 heavy (non-hydrogen) atoms. The Morgan fingerprint density at radius 2 is 1.60 bits per heavy atom. The topological polar surface area (TPSA) is 47.0 Å². The van der Waals surface area contributed by atoms with Crippen LogP contribution in [0.25, 0.3) is 0 Å². The number of carbonyl (C=O) groups excluding carboxylic acids is 1. The molecule has 0 radical (unpaired) electrons. The summed E-state index contributed by atoms with van der Waals surface area (Å²) in [4.78, 5) is 19.9. The van der Waals surface area contributed by atoms with E-state index in [-0.39, 0.29) is 17.6 Å². The number of amides is 1. The van der Waals surface area contributed by atoms with Crippen molar-refractivity contribution in [3.05, 3.63) is 71.8 Å². The third kappa shape index (κ3) is 3.89. The van der Waals surface area contributed by atoms with E-state index in [1.807, 2.05) is 35.2 Å². The predicted molar refractivity (Wildman–Crippen MR) is 117 cm³/mol. The standard InChI is InChI=1S/C25H31N3O2/c29-23-14-22-15-26(12-11-20-7-3-1-4-8-20)17-25(28(22)16-23)18-27(19-25)24(30)13-21-9-5-2-6-10-21/h1-10,22-23,29H,11-19H2/t22-,23-/m1/s1. The number of piperazine rings is 1. The normalized spacial score (nSPS) is 25.8. The van der Waals surface area contributed by atoms with Crippen LogP contribution in [0.2, 0.25) is 0 Å². The maximum atomic E-state index is 12.8. The van der Waals surface area contributed by atoms with Crippen LogP contribution in [0.5, 0.6) is 0 Å². The molecule has 5 heteroatoms. The number of nitrogens with zero attached hydrogens (tertiary/aromatic N) is 3. The molecular formula is C25H31N3O2. The molecule has 0 aliphatic carbocycles. The Hall–Kier alpha value is -2.21. The van der Waals surface area contributed by atoms with Gasteiger partial charge in [0.1, 0.15) is 0 Å². The zero-order chi connectivity index (χ0) is 20.6. The van der Waals surface area contributed by atoms with Crippen LogP contribution in [0.3, 0.4) is 0 Å². The van der Waals surface area contributed by atoms with E-state index in [1.54, 1.807) is 0 Å². The zero-order valence-corrected chi connectivity index (χ0v) is 17.5. The number of carbonyl (C=O) groups is 1.